The Morgan fingerprint density at radius 1 is 1.17 bits per heavy atom. The Hall–Kier alpha value is 0.0900. The molecule has 0 aliphatic heterocycles. The van der Waals surface area contributed by atoms with Gasteiger partial charge in [-0.1, -0.05) is 15.9 Å². The zero-order valence-corrected chi connectivity index (χ0v) is 7.33. The lowest BCUT2D eigenvalue weighted by molar-refractivity contribution is -0.140. The number of alkyl halides is 6. The van der Waals surface area contributed by atoms with Gasteiger partial charge in [-0.15, -0.1) is 0 Å². The lowest BCUT2D eigenvalue weighted by Gasteiger charge is -2.13. The Bertz CT molecular complexity index is 125. The number of halogens is 6. The minimum atomic E-state index is -4.46. The van der Waals surface area contributed by atoms with E-state index in [0.717, 1.165) is 0 Å². The molecule has 0 amide bonds. The van der Waals surface area contributed by atoms with E-state index >= 15 is 0 Å². The zero-order chi connectivity index (χ0) is 9.78. The molecular formula is C5H6BrF5O. The van der Waals surface area contributed by atoms with Gasteiger partial charge >= 0.3 is 6.18 Å². The molecule has 0 aromatic carbocycles. The Morgan fingerprint density at radius 2 is 1.67 bits per heavy atom. The number of hydrogen-bond donors (Lipinski definition) is 0. The van der Waals surface area contributed by atoms with Gasteiger partial charge in [0.2, 0.25) is 0 Å². The van der Waals surface area contributed by atoms with Crippen LogP contribution in [-0.2, 0) is 4.74 Å². The van der Waals surface area contributed by atoms with Gasteiger partial charge in [-0.25, -0.2) is 8.78 Å². The summed E-state index contributed by atoms with van der Waals surface area (Å²) in [6.45, 7) is -1.77. The van der Waals surface area contributed by atoms with Gasteiger partial charge in [0, 0.05) is 0 Å². The first-order chi connectivity index (χ1) is 5.34. The molecule has 7 heteroatoms. The minimum Gasteiger partial charge on any atom is -0.374 e. The highest BCUT2D eigenvalue weighted by molar-refractivity contribution is 9.09. The number of ether oxygens (including phenoxy) is 1. The van der Waals surface area contributed by atoms with Crippen LogP contribution in [0.2, 0.25) is 0 Å². The molecule has 0 saturated carbocycles. The predicted octanol–water partition coefficient (Wildman–Crippen LogP) is 2.59. The summed E-state index contributed by atoms with van der Waals surface area (Å²) >= 11 is 2.25. The first-order valence-electron chi connectivity index (χ1n) is 2.90. The monoisotopic (exact) mass is 256 g/mol. The minimum absolute atomic E-state index is 0.798. The fourth-order valence-corrected chi connectivity index (χ4v) is 0.542. The van der Waals surface area contributed by atoms with Crippen molar-refractivity contribution in [1.82, 2.24) is 0 Å². The third kappa shape index (κ3) is 5.70. The Kier molecular flexibility index (Phi) is 5.00. The summed E-state index contributed by atoms with van der Waals surface area (Å²) in [6, 6.07) is 0. The molecule has 1 nitrogen and oxygen atoms in total. The van der Waals surface area contributed by atoms with Crippen LogP contribution in [0.15, 0.2) is 0 Å². The van der Waals surface area contributed by atoms with Crippen LogP contribution in [0, 0.1) is 0 Å². The summed E-state index contributed by atoms with van der Waals surface area (Å²) in [4.78, 5) is -1.89. The normalized spacial score (nSPS) is 15.2. The topological polar surface area (TPSA) is 9.23 Å². The molecule has 12 heavy (non-hydrogen) atoms. The second kappa shape index (κ2) is 4.96. The summed E-state index contributed by atoms with van der Waals surface area (Å²) in [7, 11) is 0. The van der Waals surface area contributed by atoms with E-state index in [1.54, 1.807) is 0 Å². The van der Waals surface area contributed by atoms with Crippen LogP contribution >= 0.6 is 15.9 Å². The maximum Gasteiger partial charge on any atom is 0.403 e. The Labute approximate surface area is 74.0 Å². The summed E-state index contributed by atoms with van der Waals surface area (Å²) in [5.74, 6) is 0. The van der Waals surface area contributed by atoms with Crippen LogP contribution < -0.4 is 0 Å². The van der Waals surface area contributed by atoms with Gasteiger partial charge in [0.05, 0.1) is 6.61 Å². The van der Waals surface area contributed by atoms with Crippen LogP contribution in [-0.4, -0.2) is 30.6 Å². The highest BCUT2D eigenvalue weighted by atomic mass is 79.9. The molecule has 1 atom stereocenters. The van der Waals surface area contributed by atoms with Crippen LogP contribution in [0.1, 0.15) is 0 Å². The Morgan fingerprint density at radius 3 is 2.00 bits per heavy atom. The van der Waals surface area contributed by atoms with Gasteiger partial charge < -0.3 is 4.74 Å². The van der Waals surface area contributed by atoms with Gasteiger partial charge in [-0.3, -0.25) is 0 Å². The summed E-state index contributed by atoms with van der Waals surface area (Å²) in [6.07, 6.45) is -7.19. The first-order valence-corrected chi connectivity index (χ1v) is 3.82. The molecular weight excluding hydrogens is 251 g/mol. The number of hydrogen-bond acceptors (Lipinski definition) is 1. The van der Waals surface area contributed by atoms with Gasteiger partial charge in [-0.05, 0) is 0 Å². The van der Waals surface area contributed by atoms with Gasteiger partial charge in [0.25, 0.3) is 6.43 Å². The van der Waals surface area contributed by atoms with E-state index in [1.165, 1.54) is 0 Å². The molecule has 0 heterocycles. The largest absolute Gasteiger partial charge is 0.403 e. The van der Waals surface area contributed by atoms with Gasteiger partial charge in [0.15, 0.2) is 0 Å². The van der Waals surface area contributed by atoms with Crippen molar-refractivity contribution < 1.29 is 26.7 Å². The van der Waals surface area contributed by atoms with Crippen LogP contribution in [0.5, 0.6) is 0 Å². The zero-order valence-electron chi connectivity index (χ0n) is 5.74. The van der Waals surface area contributed by atoms with Gasteiger partial charge in [0.1, 0.15) is 11.4 Å². The highest BCUT2D eigenvalue weighted by Gasteiger charge is 2.37. The summed E-state index contributed by atoms with van der Waals surface area (Å²) in [5.41, 5.74) is 0. The molecule has 1 unspecified atom stereocenters. The van der Waals surface area contributed by atoms with Crippen molar-refractivity contribution in [2.75, 3.05) is 13.2 Å². The van der Waals surface area contributed by atoms with E-state index in [2.05, 4.69) is 20.7 Å². The average molecular weight is 257 g/mol. The lowest BCUT2D eigenvalue weighted by Crippen LogP contribution is -2.28. The summed E-state index contributed by atoms with van der Waals surface area (Å²) in [5, 5.41) is 0. The molecule has 0 radical (unpaired) electrons. The van der Waals surface area contributed by atoms with Crippen molar-refractivity contribution in [3.63, 3.8) is 0 Å². The van der Waals surface area contributed by atoms with Crippen LogP contribution in [0.25, 0.3) is 0 Å². The third-order valence-corrected chi connectivity index (χ3v) is 1.65. The van der Waals surface area contributed by atoms with Crippen LogP contribution in [0.3, 0.4) is 0 Å². The molecule has 0 N–H and O–H groups in total. The quantitative estimate of drug-likeness (QED) is 0.555. The van der Waals surface area contributed by atoms with Crippen molar-refractivity contribution in [2.24, 2.45) is 0 Å². The summed E-state index contributed by atoms with van der Waals surface area (Å²) < 4.78 is 61.8. The number of rotatable bonds is 4. The Balaban J connectivity index is 3.51. The lowest BCUT2D eigenvalue weighted by atomic mass is 10.4. The van der Waals surface area contributed by atoms with E-state index in [1.807, 2.05) is 0 Å². The molecule has 0 saturated heterocycles. The van der Waals surface area contributed by atoms with Gasteiger partial charge in [-0.2, -0.15) is 13.2 Å². The molecule has 0 aliphatic rings. The fraction of sp³-hybridized carbons (Fsp3) is 1.00. The van der Waals surface area contributed by atoms with Crippen molar-refractivity contribution in [2.45, 2.75) is 17.4 Å². The second-order valence-corrected chi connectivity index (χ2v) is 3.04. The average Bonchev–Trinajstić information content (AvgIpc) is 1.84. The predicted molar refractivity (Wildman–Crippen MR) is 35.6 cm³/mol. The second-order valence-electron chi connectivity index (χ2n) is 1.94. The van der Waals surface area contributed by atoms with Crippen LogP contribution in [0.4, 0.5) is 22.0 Å². The van der Waals surface area contributed by atoms with E-state index in [0.29, 0.717) is 0 Å². The van der Waals surface area contributed by atoms with E-state index in [9.17, 15) is 22.0 Å². The highest BCUT2D eigenvalue weighted by Crippen LogP contribution is 2.26. The van der Waals surface area contributed by atoms with Crippen molar-refractivity contribution in [3.8, 4) is 0 Å². The molecule has 0 aromatic heterocycles. The SMILES string of the molecule is FC(F)COCC(Br)C(F)(F)F. The van der Waals surface area contributed by atoms with Crippen molar-refractivity contribution in [1.29, 1.82) is 0 Å². The molecule has 0 aliphatic carbocycles. The molecule has 74 valence electrons. The molecule has 0 aromatic rings. The van der Waals surface area contributed by atoms with Crippen molar-refractivity contribution in [3.05, 3.63) is 0 Å². The van der Waals surface area contributed by atoms with E-state index in [-0.39, 0.29) is 0 Å². The first kappa shape index (κ1) is 12.1. The molecule has 0 rings (SSSR count). The molecule has 0 spiro atoms. The maximum absolute atomic E-state index is 11.7. The van der Waals surface area contributed by atoms with Crippen molar-refractivity contribution >= 4 is 15.9 Å². The smallest absolute Gasteiger partial charge is 0.374 e. The van der Waals surface area contributed by atoms with E-state index in [4.69, 9.17) is 0 Å². The van der Waals surface area contributed by atoms with E-state index < -0.39 is 30.6 Å². The standard InChI is InChI=1S/C5H6BrF5O/c6-3(5(9,10)11)1-12-2-4(7)8/h3-4H,1-2H2. The maximum atomic E-state index is 11.7. The molecule has 0 fully saturated rings. The fourth-order valence-electron chi connectivity index (χ4n) is 0.355. The third-order valence-electron chi connectivity index (χ3n) is 0.863. The molecule has 0 bridgehead atoms.